The second kappa shape index (κ2) is 5.43. The van der Waals surface area contributed by atoms with E-state index in [1.54, 1.807) is 0 Å². The summed E-state index contributed by atoms with van der Waals surface area (Å²) in [5.74, 6) is -0.267. The van der Waals surface area contributed by atoms with Crippen LogP contribution in [0.4, 0.5) is 4.39 Å². The fraction of sp³-hybridized carbons (Fsp3) is 0.250. The Labute approximate surface area is 121 Å². The lowest BCUT2D eigenvalue weighted by molar-refractivity contribution is 0.218. The van der Waals surface area contributed by atoms with Crippen LogP contribution in [-0.4, -0.2) is 5.11 Å². The molecule has 0 spiro atoms. The average Bonchev–Trinajstić information content (AvgIpc) is 2.31. The predicted molar refractivity (Wildman–Crippen MR) is 78.8 cm³/mol. The summed E-state index contributed by atoms with van der Waals surface area (Å²) < 4.78 is 14.3. The van der Waals surface area contributed by atoms with Gasteiger partial charge in [0.2, 0.25) is 0 Å². The molecule has 100 valence electrons. The van der Waals surface area contributed by atoms with Crippen LogP contribution in [0.2, 0.25) is 0 Å². The van der Waals surface area contributed by atoms with Crippen LogP contribution in [0.5, 0.6) is 0 Å². The van der Waals surface area contributed by atoms with Gasteiger partial charge in [0.15, 0.2) is 0 Å². The molecule has 0 bridgehead atoms. The molecular formula is C16H16BrFO. The molecule has 2 rings (SSSR count). The van der Waals surface area contributed by atoms with Crippen molar-refractivity contribution in [1.29, 1.82) is 0 Å². The molecule has 0 radical (unpaired) electrons. The van der Waals surface area contributed by atoms with E-state index >= 15 is 0 Å². The molecule has 1 unspecified atom stereocenters. The fourth-order valence-electron chi connectivity index (χ4n) is 2.43. The number of hydrogen-bond acceptors (Lipinski definition) is 1. The van der Waals surface area contributed by atoms with Crippen molar-refractivity contribution in [2.24, 2.45) is 0 Å². The summed E-state index contributed by atoms with van der Waals surface area (Å²) in [4.78, 5) is 0. The molecule has 0 saturated carbocycles. The van der Waals surface area contributed by atoms with Crippen molar-refractivity contribution in [3.05, 3.63) is 68.4 Å². The highest BCUT2D eigenvalue weighted by Gasteiger charge is 2.18. The number of aliphatic hydroxyl groups is 1. The van der Waals surface area contributed by atoms with Gasteiger partial charge in [0.05, 0.1) is 0 Å². The monoisotopic (exact) mass is 322 g/mol. The van der Waals surface area contributed by atoms with E-state index in [1.165, 1.54) is 12.1 Å². The fourth-order valence-corrected chi connectivity index (χ4v) is 2.81. The van der Waals surface area contributed by atoms with Crippen LogP contribution in [0.15, 0.2) is 34.8 Å². The van der Waals surface area contributed by atoms with E-state index in [0.717, 1.165) is 32.3 Å². The van der Waals surface area contributed by atoms with Crippen molar-refractivity contribution < 1.29 is 9.50 Å². The maximum absolute atomic E-state index is 13.3. The molecule has 0 aliphatic heterocycles. The van der Waals surface area contributed by atoms with Crippen LogP contribution in [0.25, 0.3) is 0 Å². The zero-order chi connectivity index (χ0) is 14.2. The summed E-state index contributed by atoms with van der Waals surface area (Å²) in [5.41, 5.74) is 4.15. The number of benzene rings is 2. The Morgan fingerprint density at radius 2 is 1.68 bits per heavy atom. The van der Waals surface area contributed by atoms with Crippen molar-refractivity contribution in [3.8, 4) is 0 Å². The number of rotatable bonds is 2. The second-order valence-corrected chi connectivity index (χ2v) is 5.66. The standard InChI is InChI=1S/C16H16BrFO/c1-9-7-12(18)8-10(2)15(9)16(19)13-5-4-6-14(17)11(13)3/h4-8,16,19H,1-3H3. The molecule has 3 heteroatoms. The Balaban J connectivity index is 2.56. The highest BCUT2D eigenvalue weighted by atomic mass is 79.9. The number of halogens is 2. The van der Waals surface area contributed by atoms with Gasteiger partial charge in [-0.3, -0.25) is 0 Å². The third kappa shape index (κ3) is 2.72. The summed E-state index contributed by atoms with van der Waals surface area (Å²) in [5, 5.41) is 10.6. The minimum atomic E-state index is -0.738. The molecule has 0 saturated heterocycles. The van der Waals surface area contributed by atoms with E-state index < -0.39 is 6.10 Å². The first kappa shape index (κ1) is 14.2. The molecule has 2 aromatic rings. The zero-order valence-corrected chi connectivity index (χ0v) is 12.8. The Hall–Kier alpha value is -1.19. The van der Waals surface area contributed by atoms with Crippen molar-refractivity contribution in [2.45, 2.75) is 26.9 Å². The molecule has 0 amide bonds. The molecule has 0 aromatic heterocycles. The topological polar surface area (TPSA) is 20.2 Å². The largest absolute Gasteiger partial charge is 0.384 e. The van der Waals surface area contributed by atoms with E-state index in [1.807, 2.05) is 39.0 Å². The van der Waals surface area contributed by atoms with Crippen molar-refractivity contribution >= 4 is 15.9 Å². The van der Waals surface area contributed by atoms with Gasteiger partial charge in [-0.15, -0.1) is 0 Å². The minimum Gasteiger partial charge on any atom is -0.384 e. The maximum atomic E-state index is 13.3. The Kier molecular flexibility index (Phi) is 4.07. The molecule has 0 aliphatic carbocycles. The molecule has 19 heavy (non-hydrogen) atoms. The summed E-state index contributed by atoms with van der Waals surface area (Å²) in [6.45, 7) is 5.60. The molecule has 0 aliphatic rings. The van der Waals surface area contributed by atoms with Gasteiger partial charge in [0, 0.05) is 4.47 Å². The summed E-state index contributed by atoms with van der Waals surface area (Å²) in [6.07, 6.45) is -0.738. The highest BCUT2D eigenvalue weighted by molar-refractivity contribution is 9.10. The van der Waals surface area contributed by atoms with Crippen LogP contribution in [0.3, 0.4) is 0 Å². The van der Waals surface area contributed by atoms with Crippen LogP contribution in [0, 0.1) is 26.6 Å². The Morgan fingerprint density at radius 1 is 1.11 bits per heavy atom. The molecule has 2 aromatic carbocycles. The van der Waals surface area contributed by atoms with Crippen molar-refractivity contribution in [3.63, 3.8) is 0 Å². The van der Waals surface area contributed by atoms with E-state index in [2.05, 4.69) is 15.9 Å². The van der Waals surface area contributed by atoms with Crippen LogP contribution in [0.1, 0.15) is 33.9 Å². The SMILES string of the molecule is Cc1cc(F)cc(C)c1C(O)c1cccc(Br)c1C. The normalized spacial score (nSPS) is 12.5. The summed E-state index contributed by atoms with van der Waals surface area (Å²) >= 11 is 3.46. The Morgan fingerprint density at radius 3 is 2.26 bits per heavy atom. The van der Waals surface area contributed by atoms with Crippen molar-refractivity contribution in [1.82, 2.24) is 0 Å². The van der Waals surface area contributed by atoms with Crippen LogP contribution >= 0.6 is 15.9 Å². The average molecular weight is 323 g/mol. The lowest BCUT2D eigenvalue weighted by atomic mass is 9.91. The molecule has 1 nitrogen and oxygen atoms in total. The van der Waals surface area contributed by atoms with Crippen molar-refractivity contribution in [2.75, 3.05) is 0 Å². The highest BCUT2D eigenvalue weighted by Crippen LogP contribution is 2.32. The molecule has 0 heterocycles. The van der Waals surface area contributed by atoms with Gasteiger partial charge in [0.25, 0.3) is 0 Å². The molecular weight excluding hydrogens is 307 g/mol. The molecule has 1 atom stereocenters. The van der Waals surface area contributed by atoms with E-state index in [4.69, 9.17) is 0 Å². The smallest absolute Gasteiger partial charge is 0.123 e. The van der Waals surface area contributed by atoms with Gasteiger partial charge in [0.1, 0.15) is 11.9 Å². The third-order valence-corrected chi connectivity index (χ3v) is 4.30. The van der Waals surface area contributed by atoms with Gasteiger partial charge in [-0.25, -0.2) is 4.39 Å². The predicted octanol–water partition coefficient (Wildman–Crippen LogP) is 4.60. The van der Waals surface area contributed by atoms with Crippen LogP contribution in [-0.2, 0) is 0 Å². The van der Waals surface area contributed by atoms with Gasteiger partial charge < -0.3 is 5.11 Å². The lowest BCUT2D eigenvalue weighted by Gasteiger charge is -2.19. The number of aryl methyl sites for hydroxylation is 2. The van der Waals surface area contributed by atoms with E-state index in [-0.39, 0.29) is 5.82 Å². The van der Waals surface area contributed by atoms with Gasteiger partial charge >= 0.3 is 0 Å². The maximum Gasteiger partial charge on any atom is 0.123 e. The zero-order valence-electron chi connectivity index (χ0n) is 11.2. The quantitative estimate of drug-likeness (QED) is 0.857. The summed E-state index contributed by atoms with van der Waals surface area (Å²) in [7, 11) is 0. The number of hydrogen-bond donors (Lipinski definition) is 1. The van der Waals surface area contributed by atoms with Gasteiger partial charge in [-0.1, -0.05) is 28.1 Å². The van der Waals surface area contributed by atoms with E-state index in [0.29, 0.717) is 0 Å². The molecule has 1 N–H and O–H groups in total. The van der Waals surface area contributed by atoms with Gasteiger partial charge in [-0.05, 0) is 66.8 Å². The van der Waals surface area contributed by atoms with Crippen LogP contribution < -0.4 is 0 Å². The van der Waals surface area contributed by atoms with E-state index in [9.17, 15) is 9.50 Å². The lowest BCUT2D eigenvalue weighted by Crippen LogP contribution is -2.07. The third-order valence-electron chi connectivity index (χ3n) is 3.44. The first-order chi connectivity index (χ1) is 8.91. The van der Waals surface area contributed by atoms with Gasteiger partial charge in [-0.2, -0.15) is 0 Å². The summed E-state index contributed by atoms with van der Waals surface area (Å²) in [6, 6.07) is 8.64. The molecule has 0 fully saturated rings. The number of aliphatic hydroxyl groups excluding tert-OH is 1. The first-order valence-electron chi connectivity index (χ1n) is 6.11. The minimum absolute atomic E-state index is 0.267. The Bertz CT molecular complexity index is 599. The second-order valence-electron chi connectivity index (χ2n) is 4.81. The first-order valence-corrected chi connectivity index (χ1v) is 6.91.